The summed E-state index contributed by atoms with van der Waals surface area (Å²) in [5.41, 5.74) is 2.20. The van der Waals surface area contributed by atoms with Crippen molar-refractivity contribution in [3.05, 3.63) is 106 Å². The Bertz CT molecular complexity index is 1110. The van der Waals surface area contributed by atoms with Crippen molar-refractivity contribution in [2.45, 2.75) is 0 Å². The number of hydrogen-bond acceptors (Lipinski definition) is 3. The summed E-state index contributed by atoms with van der Waals surface area (Å²) < 4.78 is 5.90. The van der Waals surface area contributed by atoms with Gasteiger partial charge in [0.05, 0.1) is 5.39 Å². The van der Waals surface area contributed by atoms with Crippen molar-refractivity contribution >= 4 is 16.8 Å². The molecule has 0 unspecified atom stereocenters. The molecule has 1 aromatic heterocycles. The van der Waals surface area contributed by atoms with E-state index in [4.69, 9.17) is 4.42 Å². The van der Waals surface area contributed by atoms with E-state index in [9.17, 15) is 9.59 Å². The maximum atomic E-state index is 12.6. The molecule has 0 atom stereocenters. The van der Waals surface area contributed by atoms with Crippen molar-refractivity contribution in [2.75, 3.05) is 0 Å². The molecule has 0 spiro atoms. The number of benzene rings is 3. The number of carbonyl (C=O) groups is 1. The molecule has 3 heteroatoms. The summed E-state index contributed by atoms with van der Waals surface area (Å²) in [4.78, 5) is 25.0. The van der Waals surface area contributed by atoms with Crippen LogP contribution >= 0.6 is 0 Å². The van der Waals surface area contributed by atoms with E-state index in [1.54, 1.807) is 30.3 Å². The minimum Gasteiger partial charge on any atom is -0.456 e. The van der Waals surface area contributed by atoms with Gasteiger partial charge in [0.2, 0.25) is 0 Å². The summed E-state index contributed by atoms with van der Waals surface area (Å²) in [7, 11) is 0. The minimum absolute atomic E-state index is 0.102. The van der Waals surface area contributed by atoms with Gasteiger partial charge in [0.25, 0.3) is 0 Å². The third-order valence-electron chi connectivity index (χ3n) is 4.09. The topological polar surface area (TPSA) is 47.3 Å². The number of rotatable bonds is 3. The van der Waals surface area contributed by atoms with E-state index in [1.165, 1.54) is 6.07 Å². The Hall–Kier alpha value is -3.46. The second-order valence-electron chi connectivity index (χ2n) is 5.75. The Kier molecular flexibility index (Phi) is 3.75. The van der Waals surface area contributed by atoms with Crippen LogP contribution < -0.4 is 5.43 Å². The molecule has 120 valence electrons. The first-order valence-corrected chi connectivity index (χ1v) is 7.95. The van der Waals surface area contributed by atoms with E-state index < -0.39 is 0 Å². The van der Waals surface area contributed by atoms with Gasteiger partial charge in [-0.2, -0.15) is 0 Å². The van der Waals surface area contributed by atoms with Gasteiger partial charge in [-0.25, -0.2) is 0 Å². The van der Waals surface area contributed by atoms with Crippen LogP contribution in [0.1, 0.15) is 15.9 Å². The monoisotopic (exact) mass is 326 g/mol. The Balaban J connectivity index is 1.85. The minimum atomic E-state index is -0.126. The lowest BCUT2D eigenvalue weighted by atomic mass is 10.0. The summed E-state index contributed by atoms with van der Waals surface area (Å²) in [5, 5.41) is 0.462. The molecule has 3 nitrogen and oxygen atoms in total. The number of ketones is 1. The predicted molar refractivity (Wildman–Crippen MR) is 97.8 cm³/mol. The Morgan fingerprint density at radius 2 is 1.40 bits per heavy atom. The molecule has 1 heterocycles. The van der Waals surface area contributed by atoms with Crippen molar-refractivity contribution in [1.29, 1.82) is 0 Å². The van der Waals surface area contributed by atoms with E-state index in [2.05, 4.69) is 0 Å². The zero-order chi connectivity index (χ0) is 17.2. The molecule has 0 bridgehead atoms. The SMILES string of the molecule is O=C(c1ccccc1)c1ccc2c(=O)cc(-c3ccccc3)oc2c1. The smallest absolute Gasteiger partial charge is 0.193 e. The van der Waals surface area contributed by atoms with Crippen LogP contribution in [0.4, 0.5) is 0 Å². The lowest BCUT2D eigenvalue weighted by molar-refractivity contribution is 0.103. The van der Waals surface area contributed by atoms with Crippen LogP contribution in [0.25, 0.3) is 22.3 Å². The van der Waals surface area contributed by atoms with E-state index in [-0.39, 0.29) is 11.2 Å². The number of fused-ring (bicyclic) bond motifs is 1. The maximum absolute atomic E-state index is 12.6. The molecule has 0 aliphatic carbocycles. The van der Waals surface area contributed by atoms with Crippen LogP contribution in [0, 0.1) is 0 Å². The summed E-state index contributed by atoms with van der Waals surface area (Å²) >= 11 is 0. The third kappa shape index (κ3) is 2.88. The highest BCUT2D eigenvalue weighted by Gasteiger charge is 2.12. The lowest BCUT2D eigenvalue weighted by Crippen LogP contribution is -2.04. The van der Waals surface area contributed by atoms with Gasteiger partial charge >= 0.3 is 0 Å². The molecular formula is C22H14O3. The summed E-state index contributed by atoms with van der Waals surface area (Å²) in [5.74, 6) is 0.387. The fourth-order valence-corrected chi connectivity index (χ4v) is 2.80. The second kappa shape index (κ2) is 6.21. The van der Waals surface area contributed by atoms with Gasteiger partial charge in [-0.3, -0.25) is 9.59 Å². The van der Waals surface area contributed by atoms with Crippen LogP contribution in [0.2, 0.25) is 0 Å². The average molecular weight is 326 g/mol. The largest absolute Gasteiger partial charge is 0.456 e. The molecule has 0 aliphatic heterocycles. The second-order valence-corrected chi connectivity index (χ2v) is 5.75. The van der Waals surface area contributed by atoms with Crippen LogP contribution in [0.15, 0.2) is 94.1 Å². The van der Waals surface area contributed by atoms with Crippen LogP contribution in [-0.2, 0) is 0 Å². The number of hydrogen-bond donors (Lipinski definition) is 0. The van der Waals surface area contributed by atoms with Crippen molar-refractivity contribution in [2.24, 2.45) is 0 Å². The molecule has 0 saturated carbocycles. The van der Waals surface area contributed by atoms with Gasteiger partial charge in [0.1, 0.15) is 11.3 Å². The molecule has 0 aliphatic rings. The van der Waals surface area contributed by atoms with Gasteiger partial charge in [-0.15, -0.1) is 0 Å². The lowest BCUT2D eigenvalue weighted by Gasteiger charge is -2.05. The Morgan fingerprint density at radius 1 is 0.720 bits per heavy atom. The molecule has 0 N–H and O–H groups in total. The number of carbonyl (C=O) groups excluding carboxylic acids is 1. The molecule has 3 aromatic carbocycles. The molecular weight excluding hydrogens is 312 g/mol. The van der Waals surface area contributed by atoms with Crippen molar-refractivity contribution in [1.82, 2.24) is 0 Å². The van der Waals surface area contributed by atoms with E-state index in [0.717, 1.165) is 5.56 Å². The average Bonchev–Trinajstić information content (AvgIpc) is 2.68. The maximum Gasteiger partial charge on any atom is 0.193 e. The first-order valence-electron chi connectivity index (χ1n) is 7.95. The van der Waals surface area contributed by atoms with Crippen molar-refractivity contribution < 1.29 is 9.21 Å². The van der Waals surface area contributed by atoms with Gasteiger partial charge in [-0.1, -0.05) is 66.7 Å². The van der Waals surface area contributed by atoms with Gasteiger partial charge in [0.15, 0.2) is 11.2 Å². The third-order valence-corrected chi connectivity index (χ3v) is 4.09. The summed E-state index contributed by atoms with van der Waals surface area (Å²) in [6, 6.07) is 24.9. The first-order chi connectivity index (χ1) is 12.2. The zero-order valence-electron chi connectivity index (χ0n) is 13.3. The molecule has 0 fully saturated rings. The van der Waals surface area contributed by atoms with Gasteiger partial charge < -0.3 is 4.42 Å². The molecule has 4 aromatic rings. The fraction of sp³-hybridized carbons (Fsp3) is 0. The van der Waals surface area contributed by atoms with Crippen LogP contribution in [0.3, 0.4) is 0 Å². The van der Waals surface area contributed by atoms with Crippen LogP contribution in [0.5, 0.6) is 0 Å². The van der Waals surface area contributed by atoms with Crippen molar-refractivity contribution in [3.63, 3.8) is 0 Å². The van der Waals surface area contributed by atoms with E-state index in [1.807, 2.05) is 48.5 Å². The summed E-state index contributed by atoms with van der Waals surface area (Å²) in [6.45, 7) is 0. The normalized spacial score (nSPS) is 10.7. The Labute approximate surface area is 144 Å². The van der Waals surface area contributed by atoms with Crippen molar-refractivity contribution in [3.8, 4) is 11.3 Å². The molecule has 0 amide bonds. The molecule has 0 radical (unpaired) electrons. The Morgan fingerprint density at radius 3 is 2.12 bits per heavy atom. The highest BCUT2D eigenvalue weighted by Crippen LogP contribution is 2.23. The van der Waals surface area contributed by atoms with Gasteiger partial charge in [0, 0.05) is 22.8 Å². The predicted octanol–water partition coefficient (Wildman–Crippen LogP) is 4.69. The van der Waals surface area contributed by atoms with Crippen LogP contribution in [-0.4, -0.2) is 5.78 Å². The van der Waals surface area contributed by atoms with E-state index >= 15 is 0 Å². The van der Waals surface area contributed by atoms with Gasteiger partial charge in [-0.05, 0) is 12.1 Å². The zero-order valence-corrected chi connectivity index (χ0v) is 13.3. The molecule has 4 rings (SSSR count). The fourth-order valence-electron chi connectivity index (χ4n) is 2.80. The molecule has 0 saturated heterocycles. The standard InChI is InChI=1S/C22H14O3/c23-19-14-20(15-7-3-1-4-8-15)25-21-13-17(11-12-18(19)21)22(24)16-9-5-2-6-10-16/h1-14H. The highest BCUT2D eigenvalue weighted by atomic mass is 16.3. The highest BCUT2D eigenvalue weighted by molar-refractivity contribution is 6.10. The molecule has 25 heavy (non-hydrogen) atoms. The quantitative estimate of drug-likeness (QED) is 0.513. The first kappa shape index (κ1) is 15.1. The summed E-state index contributed by atoms with van der Waals surface area (Å²) in [6.07, 6.45) is 0. The van der Waals surface area contributed by atoms with E-state index in [0.29, 0.717) is 27.9 Å².